The fourth-order valence-electron chi connectivity index (χ4n) is 3.85. The Balaban J connectivity index is 1.48. The number of hydrogen-bond acceptors (Lipinski definition) is 4. The maximum absolute atomic E-state index is 13.0. The van der Waals surface area contributed by atoms with Gasteiger partial charge in [-0.25, -0.2) is 0 Å². The zero-order valence-electron chi connectivity index (χ0n) is 16.3. The Morgan fingerprint density at radius 3 is 2.55 bits per heavy atom. The first-order valence-corrected chi connectivity index (χ1v) is 9.78. The van der Waals surface area contributed by atoms with Gasteiger partial charge in [0.25, 0.3) is 5.91 Å². The summed E-state index contributed by atoms with van der Waals surface area (Å²) in [5.74, 6) is 1.12. The Kier molecular flexibility index (Phi) is 5.47. The summed E-state index contributed by atoms with van der Waals surface area (Å²) in [6.07, 6.45) is 3.21. The van der Waals surface area contributed by atoms with Gasteiger partial charge in [-0.05, 0) is 49.2 Å². The van der Waals surface area contributed by atoms with E-state index < -0.39 is 0 Å². The number of rotatable bonds is 5. The molecule has 1 atom stereocenters. The molecular formula is C24H23NO4. The summed E-state index contributed by atoms with van der Waals surface area (Å²) in [6, 6.07) is 18.4. The number of hydrogen-bond donors (Lipinski definition) is 0. The number of methoxy groups -OCH3 is 1. The highest BCUT2D eigenvalue weighted by Gasteiger charge is 2.30. The van der Waals surface area contributed by atoms with E-state index in [9.17, 15) is 9.59 Å². The van der Waals surface area contributed by atoms with Crippen LogP contribution in [0.4, 0.5) is 0 Å². The first-order valence-electron chi connectivity index (χ1n) is 9.78. The van der Waals surface area contributed by atoms with Gasteiger partial charge in [0.2, 0.25) is 0 Å². The number of ether oxygens (including phenoxy) is 1. The van der Waals surface area contributed by atoms with Crippen molar-refractivity contribution in [2.24, 2.45) is 5.92 Å². The number of Topliss-reactive ketones (excluding diaryl/α,β-unsaturated/α-hetero) is 1. The molecule has 0 radical (unpaired) electrons. The molecule has 2 heterocycles. The first kappa shape index (κ1) is 19.0. The molecule has 1 fully saturated rings. The number of carbonyl (C=O) groups is 2. The highest BCUT2D eigenvalue weighted by molar-refractivity contribution is 6.01. The topological polar surface area (TPSA) is 59.8 Å². The van der Waals surface area contributed by atoms with Crippen LogP contribution < -0.4 is 4.74 Å². The van der Waals surface area contributed by atoms with Gasteiger partial charge < -0.3 is 14.1 Å². The smallest absolute Gasteiger partial charge is 0.253 e. The van der Waals surface area contributed by atoms with E-state index in [2.05, 4.69) is 0 Å². The number of piperidine rings is 1. The van der Waals surface area contributed by atoms with E-state index in [1.165, 1.54) is 0 Å². The van der Waals surface area contributed by atoms with Crippen LogP contribution in [0.1, 0.15) is 33.6 Å². The van der Waals surface area contributed by atoms with Gasteiger partial charge in [-0.15, -0.1) is 0 Å². The summed E-state index contributed by atoms with van der Waals surface area (Å²) < 4.78 is 10.7. The van der Waals surface area contributed by atoms with E-state index in [0.29, 0.717) is 30.0 Å². The normalized spacial score (nSPS) is 16.4. The molecule has 4 rings (SSSR count). The lowest BCUT2D eigenvalue weighted by Gasteiger charge is -2.32. The van der Waals surface area contributed by atoms with E-state index >= 15 is 0 Å². The van der Waals surface area contributed by atoms with Crippen LogP contribution >= 0.6 is 0 Å². The van der Waals surface area contributed by atoms with Gasteiger partial charge in [-0.1, -0.05) is 24.3 Å². The van der Waals surface area contributed by atoms with Gasteiger partial charge >= 0.3 is 0 Å². The van der Waals surface area contributed by atoms with Crippen LogP contribution in [0, 0.1) is 5.92 Å². The van der Waals surface area contributed by atoms with Crippen molar-refractivity contribution in [2.45, 2.75) is 12.8 Å². The molecule has 3 aromatic rings. The van der Waals surface area contributed by atoms with Crippen molar-refractivity contribution >= 4 is 11.7 Å². The predicted octanol–water partition coefficient (Wildman–Crippen LogP) is 4.69. The lowest BCUT2D eigenvalue weighted by Crippen LogP contribution is -2.42. The van der Waals surface area contributed by atoms with Crippen LogP contribution in [-0.4, -0.2) is 36.8 Å². The van der Waals surface area contributed by atoms with Crippen LogP contribution in [0.5, 0.6) is 5.75 Å². The third-order valence-electron chi connectivity index (χ3n) is 5.39. The van der Waals surface area contributed by atoms with Crippen molar-refractivity contribution in [1.82, 2.24) is 4.90 Å². The number of ketones is 1. The largest absolute Gasteiger partial charge is 0.496 e. The minimum Gasteiger partial charge on any atom is -0.496 e. The summed E-state index contributed by atoms with van der Waals surface area (Å²) in [7, 11) is 1.56. The van der Waals surface area contributed by atoms with Crippen molar-refractivity contribution in [3.8, 4) is 17.1 Å². The van der Waals surface area contributed by atoms with E-state index in [0.717, 1.165) is 24.2 Å². The summed E-state index contributed by atoms with van der Waals surface area (Å²) in [4.78, 5) is 27.8. The monoisotopic (exact) mass is 389 g/mol. The van der Waals surface area contributed by atoms with Crippen LogP contribution in [0.3, 0.4) is 0 Å². The molecule has 2 aromatic carbocycles. The molecule has 1 aliphatic rings. The average molecular weight is 389 g/mol. The maximum atomic E-state index is 13.0. The summed E-state index contributed by atoms with van der Waals surface area (Å²) >= 11 is 0. The number of nitrogens with zero attached hydrogens (tertiary/aromatic N) is 1. The highest BCUT2D eigenvalue weighted by Crippen LogP contribution is 2.27. The second-order valence-corrected chi connectivity index (χ2v) is 7.21. The number of carbonyl (C=O) groups excluding carboxylic acids is 2. The molecule has 0 bridgehead atoms. The third-order valence-corrected chi connectivity index (χ3v) is 5.39. The number of furan rings is 1. The lowest BCUT2D eigenvalue weighted by atomic mass is 9.89. The summed E-state index contributed by atoms with van der Waals surface area (Å²) in [5.41, 5.74) is 2.12. The van der Waals surface area contributed by atoms with E-state index in [4.69, 9.17) is 9.15 Å². The second-order valence-electron chi connectivity index (χ2n) is 7.21. The maximum Gasteiger partial charge on any atom is 0.253 e. The zero-order chi connectivity index (χ0) is 20.2. The molecule has 1 aliphatic heterocycles. The Labute approximate surface area is 169 Å². The average Bonchev–Trinajstić information content (AvgIpc) is 3.33. The summed E-state index contributed by atoms with van der Waals surface area (Å²) in [5, 5.41) is 0. The quantitative estimate of drug-likeness (QED) is 0.594. The zero-order valence-corrected chi connectivity index (χ0v) is 16.3. The van der Waals surface area contributed by atoms with Gasteiger partial charge in [-0.2, -0.15) is 0 Å². The third kappa shape index (κ3) is 3.94. The Bertz CT molecular complexity index is 992. The van der Waals surface area contributed by atoms with Crippen LogP contribution in [0.2, 0.25) is 0 Å². The van der Waals surface area contributed by atoms with Crippen molar-refractivity contribution in [1.29, 1.82) is 0 Å². The van der Waals surface area contributed by atoms with Gasteiger partial charge in [0.1, 0.15) is 11.5 Å². The van der Waals surface area contributed by atoms with Crippen LogP contribution in [-0.2, 0) is 0 Å². The minimum absolute atomic E-state index is 0.0353. The molecule has 1 amide bonds. The Morgan fingerprint density at radius 2 is 1.83 bits per heavy atom. The van der Waals surface area contributed by atoms with Crippen LogP contribution in [0.25, 0.3) is 11.3 Å². The van der Waals surface area contributed by atoms with Crippen LogP contribution in [0.15, 0.2) is 71.3 Å². The molecule has 0 spiro atoms. The van der Waals surface area contributed by atoms with Gasteiger partial charge in [0, 0.05) is 30.1 Å². The molecule has 1 saturated heterocycles. The van der Waals surface area contributed by atoms with Crippen molar-refractivity contribution in [3.63, 3.8) is 0 Å². The molecular weight excluding hydrogens is 366 g/mol. The molecule has 0 N–H and O–H groups in total. The molecule has 5 nitrogen and oxygen atoms in total. The summed E-state index contributed by atoms with van der Waals surface area (Å²) in [6.45, 7) is 1.09. The predicted molar refractivity (Wildman–Crippen MR) is 110 cm³/mol. The molecule has 0 saturated carbocycles. The number of benzene rings is 2. The fraction of sp³-hybridized carbons (Fsp3) is 0.250. The van der Waals surface area contributed by atoms with Crippen molar-refractivity contribution < 1.29 is 18.7 Å². The van der Waals surface area contributed by atoms with E-state index in [-0.39, 0.29) is 17.6 Å². The highest BCUT2D eigenvalue weighted by atomic mass is 16.5. The molecule has 29 heavy (non-hydrogen) atoms. The van der Waals surface area contributed by atoms with Gasteiger partial charge in [0.15, 0.2) is 5.78 Å². The van der Waals surface area contributed by atoms with E-state index in [1.807, 2.05) is 48.5 Å². The fourth-order valence-corrected chi connectivity index (χ4v) is 3.85. The van der Waals surface area contributed by atoms with Crippen molar-refractivity contribution in [3.05, 3.63) is 78.1 Å². The molecule has 148 valence electrons. The number of amides is 1. The molecule has 0 unspecified atom stereocenters. The Morgan fingerprint density at radius 1 is 1.03 bits per heavy atom. The van der Waals surface area contributed by atoms with E-state index in [1.54, 1.807) is 30.4 Å². The van der Waals surface area contributed by atoms with Gasteiger partial charge in [0.05, 0.1) is 18.9 Å². The first-order chi connectivity index (χ1) is 14.2. The minimum atomic E-state index is -0.216. The van der Waals surface area contributed by atoms with Gasteiger partial charge in [-0.3, -0.25) is 9.59 Å². The lowest BCUT2D eigenvalue weighted by molar-refractivity contribution is 0.0636. The number of para-hydroxylation sites is 1. The molecule has 5 heteroatoms. The number of likely N-dealkylation sites (tertiary alicyclic amines) is 1. The molecule has 0 aliphatic carbocycles. The van der Waals surface area contributed by atoms with Crippen molar-refractivity contribution in [2.75, 3.05) is 20.2 Å². The second kappa shape index (κ2) is 8.35. The SMILES string of the molecule is COc1ccccc1C(=O)[C@H]1CCCN(C(=O)c2ccc(-c3ccco3)cc2)C1. The standard InChI is InChI=1S/C24H23NO4/c1-28-22-8-3-2-7-20(22)23(26)19-6-4-14-25(16-19)24(27)18-12-10-17(11-13-18)21-9-5-15-29-21/h2-3,5,7-13,15,19H,4,6,14,16H2,1H3/t19-/m0/s1. The molecule has 1 aromatic heterocycles. The Hall–Kier alpha value is -3.34.